The van der Waals surface area contributed by atoms with Gasteiger partial charge in [0.05, 0.1) is 7.11 Å². The summed E-state index contributed by atoms with van der Waals surface area (Å²) in [4.78, 5) is 24.8. The molecule has 1 aliphatic carbocycles. The van der Waals surface area contributed by atoms with Gasteiger partial charge in [-0.25, -0.2) is 0 Å². The van der Waals surface area contributed by atoms with Crippen LogP contribution in [0.4, 0.5) is 0 Å². The summed E-state index contributed by atoms with van der Waals surface area (Å²) in [6.45, 7) is 3.65. The number of benzene rings is 1. The summed E-state index contributed by atoms with van der Waals surface area (Å²) in [5.74, 6) is -1.24. The second kappa shape index (κ2) is 5.57. The molecule has 0 amide bonds. The number of piperidine rings is 1. The molecule has 5 heteroatoms. The molecule has 2 aliphatic rings. The first-order chi connectivity index (χ1) is 10.5. The lowest BCUT2D eigenvalue weighted by atomic mass is 9.84. The zero-order valence-corrected chi connectivity index (χ0v) is 12.8. The number of fused-ring (bicyclic) bond motifs is 1. The number of carboxylic acid groups (broad SMARTS) is 1. The highest BCUT2D eigenvalue weighted by molar-refractivity contribution is 6.00. The van der Waals surface area contributed by atoms with E-state index >= 15 is 0 Å². The Morgan fingerprint density at radius 2 is 2.23 bits per heavy atom. The highest BCUT2D eigenvalue weighted by Gasteiger charge is 2.33. The minimum Gasteiger partial charge on any atom is -0.497 e. The van der Waals surface area contributed by atoms with E-state index in [4.69, 9.17) is 9.84 Å². The van der Waals surface area contributed by atoms with E-state index in [-0.39, 0.29) is 5.78 Å². The number of carbonyl (C=O) groups is 2. The smallest absolute Gasteiger partial charge is 0.315 e. The standard InChI is InChI=1S/C17H19NO4/c1-10-5-12(22-2)7-14-11(6-13(10)14)8-18-4-3-16(19)15(9-18)17(20)21/h5-7,15H,3-4,8-9H2,1-2H3,(H,20,21). The summed E-state index contributed by atoms with van der Waals surface area (Å²) < 4.78 is 5.30. The van der Waals surface area contributed by atoms with Gasteiger partial charge in [-0.15, -0.1) is 0 Å². The van der Waals surface area contributed by atoms with Crippen molar-refractivity contribution in [1.29, 1.82) is 0 Å². The van der Waals surface area contributed by atoms with Gasteiger partial charge in [-0.1, -0.05) is 0 Å². The lowest BCUT2D eigenvalue weighted by Crippen LogP contribution is -2.44. The maximum atomic E-state index is 11.6. The molecule has 5 nitrogen and oxygen atoms in total. The number of carboxylic acids is 1. The van der Waals surface area contributed by atoms with E-state index in [1.807, 2.05) is 17.0 Å². The molecule has 0 bridgehead atoms. The summed E-state index contributed by atoms with van der Waals surface area (Å²) in [7, 11) is 1.65. The fraction of sp³-hybridized carbons (Fsp3) is 0.412. The van der Waals surface area contributed by atoms with Gasteiger partial charge in [0.25, 0.3) is 0 Å². The zero-order valence-electron chi connectivity index (χ0n) is 12.8. The molecule has 1 unspecified atom stereocenters. The Balaban J connectivity index is 1.72. The first-order valence-electron chi connectivity index (χ1n) is 7.37. The topological polar surface area (TPSA) is 66.8 Å². The minimum atomic E-state index is -1.02. The zero-order chi connectivity index (χ0) is 15.9. The van der Waals surface area contributed by atoms with Crippen LogP contribution in [0.15, 0.2) is 12.1 Å². The van der Waals surface area contributed by atoms with Crippen LogP contribution in [0, 0.1) is 12.8 Å². The SMILES string of the molecule is COc1cc(C)c2c(c1)C(CN1CCC(=O)C(C(=O)O)C1)=C2. The molecular weight excluding hydrogens is 282 g/mol. The van der Waals surface area contributed by atoms with Gasteiger partial charge < -0.3 is 9.84 Å². The molecule has 0 aromatic heterocycles. The summed E-state index contributed by atoms with van der Waals surface area (Å²) in [5.41, 5.74) is 4.74. The molecule has 0 radical (unpaired) electrons. The largest absolute Gasteiger partial charge is 0.497 e. The van der Waals surface area contributed by atoms with Crippen molar-refractivity contribution in [2.45, 2.75) is 13.3 Å². The van der Waals surface area contributed by atoms with Crippen molar-refractivity contribution in [3.8, 4) is 5.75 Å². The Morgan fingerprint density at radius 3 is 2.91 bits per heavy atom. The highest BCUT2D eigenvalue weighted by Crippen LogP contribution is 2.38. The van der Waals surface area contributed by atoms with Crippen LogP contribution in [0.5, 0.6) is 5.75 Å². The molecule has 22 heavy (non-hydrogen) atoms. The van der Waals surface area contributed by atoms with E-state index in [0.717, 1.165) is 5.75 Å². The quantitative estimate of drug-likeness (QED) is 0.860. The number of rotatable bonds is 4. The second-order valence-corrected chi connectivity index (χ2v) is 5.92. The van der Waals surface area contributed by atoms with Crippen molar-refractivity contribution in [2.24, 2.45) is 5.92 Å². The first-order valence-corrected chi connectivity index (χ1v) is 7.37. The van der Waals surface area contributed by atoms with Gasteiger partial charge >= 0.3 is 5.97 Å². The average molecular weight is 301 g/mol. The molecule has 3 rings (SSSR count). The summed E-state index contributed by atoms with van der Waals surface area (Å²) >= 11 is 0. The Morgan fingerprint density at radius 1 is 1.45 bits per heavy atom. The van der Waals surface area contributed by atoms with E-state index < -0.39 is 11.9 Å². The summed E-state index contributed by atoms with van der Waals surface area (Å²) in [6.07, 6.45) is 2.45. The molecule has 0 spiro atoms. The van der Waals surface area contributed by atoms with Crippen molar-refractivity contribution < 1.29 is 19.4 Å². The number of ketones is 1. The predicted molar refractivity (Wildman–Crippen MR) is 82.8 cm³/mol. The summed E-state index contributed by atoms with van der Waals surface area (Å²) in [5, 5.41) is 9.12. The molecule has 1 aromatic rings. The number of likely N-dealkylation sites (tertiary alicyclic amines) is 1. The van der Waals surface area contributed by atoms with Gasteiger partial charge in [0.15, 0.2) is 0 Å². The maximum absolute atomic E-state index is 11.6. The van der Waals surface area contributed by atoms with Crippen LogP contribution in [0.25, 0.3) is 11.6 Å². The van der Waals surface area contributed by atoms with Crippen LogP contribution in [-0.4, -0.2) is 48.5 Å². The molecule has 116 valence electrons. The fourth-order valence-corrected chi connectivity index (χ4v) is 3.14. The van der Waals surface area contributed by atoms with Crippen LogP contribution in [0.1, 0.15) is 23.1 Å². The second-order valence-electron chi connectivity index (χ2n) is 5.92. The van der Waals surface area contributed by atoms with Gasteiger partial charge in [-0.05, 0) is 47.4 Å². The van der Waals surface area contributed by atoms with Gasteiger partial charge in [-0.3, -0.25) is 14.5 Å². The van der Waals surface area contributed by atoms with E-state index in [1.54, 1.807) is 7.11 Å². The number of ether oxygens (including phenoxy) is 1. The van der Waals surface area contributed by atoms with Crippen molar-refractivity contribution in [2.75, 3.05) is 26.7 Å². The van der Waals surface area contributed by atoms with Gasteiger partial charge in [0.2, 0.25) is 0 Å². The monoisotopic (exact) mass is 301 g/mol. The van der Waals surface area contributed by atoms with E-state index in [1.165, 1.54) is 22.3 Å². The molecule has 1 fully saturated rings. The van der Waals surface area contributed by atoms with Crippen molar-refractivity contribution >= 4 is 23.4 Å². The maximum Gasteiger partial charge on any atom is 0.315 e. The molecule has 1 aromatic carbocycles. The third-order valence-corrected chi connectivity index (χ3v) is 4.46. The number of aryl methyl sites for hydroxylation is 1. The van der Waals surface area contributed by atoms with Crippen molar-refractivity contribution in [3.63, 3.8) is 0 Å². The Bertz CT molecular complexity index is 677. The molecule has 1 aliphatic heterocycles. The minimum absolute atomic E-state index is 0.163. The van der Waals surface area contributed by atoms with Gasteiger partial charge in [-0.2, -0.15) is 0 Å². The lowest BCUT2D eigenvalue weighted by molar-refractivity contribution is -0.148. The average Bonchev–Trinajstić information content (AvgIpc) is 2.47. The number of hydrogen-bond acceptors (Lipinski definition) is 4. The van der Waals surface area contributed by atoms with Crippen LogP contribution >= 0.6 is 0 Å². The van der Waals surface area contributed by atoms with Crippen molar-refractivity contribution in [3.05, 3.63) is 28.8 Å². The van der Waals surface area contributed by atoms with Crippen molar-refractivity contribution in [1.82, 2.24) is 4.90 Å². The number of methoxy groups -OCH3 is 1. The summed E-state index contributed by atoms with van der Waals surface area (Å²) in [6, 6.07) is 4.02. The van der Waals surface area contributed by atoms with E-state index in [0.29, 0.717) is 26.1 Å². The highest BCUT2D eigenvalue weighted by atomic mass is 16.5. The normalized spacial score (nSPS) is 20.9. The van der Waals surface area contributed by atoms with E-state index in [9.17, 15) is 9.59 Å². The molecule has 1 atom stereocenters. The van der Waals surface area contributed by atoms with Gasteiger partial charge in [0.1, 0.15) is 17.5 Å². The molecule has 0 saturated carbocycles. The third-order valence-electron chi connectivity index (χ3n) is 4.46. The third kappa shape index (κ3) is 2.52. The molecule has 1 heterocycles. The number of hydrogen-bond donors (Lipinski definition) is 1. The van der Waals surface area contributed by atoms with Crippen LogP contribution in [0.2, 0.25) is 0 Å². The molecule has 1 N–H and O–H groups in total. The van der Waals surface area contributed by atoms with Gasteiger partial charge in [0, 0.05) is 26.1 Å². The Hall–Kier alpha value is -2.14. The molecular formula is C17H19NO4. The number of carbonyl (C=O) groups excluding carboxylic acids is 1. The molecule has 1 saturated heterocycles. The number of nitrogens with zero attached hydrogens (tertiary/aromatic N) is 1. The Labute approximate surface area is 129 Å². The van der Waals surface area contributed by atoms with E-state index in [2.05, 4.69) is 13.0 Å². The first kappa shape index (κ1) is 14.8. The number of Topliss-reactive ketones (excluding diaryl/α,β-unsaturated/α-hetero) is 1. The van der Waals surface area contributed by atoms with Crippen LogP contribution < -0.4 is 4.74 Å². The van der Waals surface area contributed by atoms with Crippen LogP contribution in [-0.2, 0) is 9.59 Å². The Kier molecular flexibility index (Phi) is 3.74. The number of aliphatic carboxylic acids is 1. The fourth-order valence-electron chi connectivity index (χ4n) is 3.14. The lowest BCUT2D eigenvalue weighted by Gasteiger charge is -2.33. The van der Waals surface area contributed by atoms with Crippen LogP contribution in [0.3, 0.4) is 0 Å². The predicted octanol–water partition coefficient (Wildman–Crippen LogP) is 1.83.